The Morgan fingerprint density at radius 2 is 1.94 bits per heavy atom. The second kappa shape index (κ2) is 4.81. The second-order valence-corrected chi connectivity index (χ2v) is 6.10. The molecule has 2 rings (SSSR count). The van der Waals surface area contributed by atoms with Crippen molar-refractivity contribution in [2.24, 2.45) is 0 Å². The van der Waals surface area contributed by atoms with Gasteiger partial charge in [-0.1, -0.05) is 19.1 Å². The van der Waals surface area contributed by atoms with Crippen molar-refractivity contribution >= 4 is 15.8 Å². The number of hydrogen-bond donors (Lipinski definition) is 2. The minimum Gasteiger partial charge on any atom is -0.359 e. The van der Waals surface area contributed by atoms with E-state index >= 15 is 0 Å². The molecule has 0 aliphatic rings. The van der Waals surface area contributed by atoms with Crippen LogP contribution in [-0.4, -0.2) is 31.2 Å². The average Bonchev–Trinajstić information content (AvgIpc) is 2.87. The molecule has 0 unspecified atom stereocenters. The molecule has 5 nitrogen and oxygen atoms in total. The minimum atomic E-state index is -3.13. The second-order valence-electron chi connectivity index (χ2n) is 3.82. The van der Waals surface area contributed by atoms with Crippen molar-refractivity contribution in [2.45, 2.75) is 11.8 Å². The summed E-state index contributed by atoms with van der Waals surface area (Å²) >= 11 is 0. The number of aromatic nitrogens is 2. The lowest BCUT2D eigenvalue weighted by Gasteiger charge is -2.02. The van der Waals surface area contributed by atoms with Crippen LogP contribution in [0.25, 0.3) is 11.3 Å². The molecule has 2 aromatic rings. The Morgan fingerprint density at radius 3 is 2.44 bits per heavy atom. The van der Waals surface area contributed by atoms with Crippen LogP contribution in [0.1, 0.15) is 6.92 Å². The molecule has 1 heterocycles. The van der Waals surface area contributed by atoms with Gasteiger partial charge in [-0.15, -0.1) is 0 Å². The number of rotatable bonds is 4. The third-order valence-corrected chi connectivity index (χ3v) is 4.47. The van der Waals surface area contributed by atoms with Crippen molar-refractivity contribution in [1.82, 2.24) is 9.97 Å². The molecule has 1 aromatic carbocycles. The summed E-state index contributed by atoms with van der Waals surface area (Å²) in [6.07, 6.45) is 1.70. The molecule has 0 saturated carbocycles. The number of nitrogens with zero attached hydrogens (tertiary/aromatic N) is 1. The van der Waals surface area contributed by atoms with Gasteiger partial charge in [0.1, 0.15) is 0 Å². The highest BCUT2D eigenvalue weighted by atomic mass is 32.2. The molecule has 0 radical (unpaired) electrons. The van der Waals surface area contributed by atoms with E-state index in [9.17, 15) is 8.42 Å². The lowest BCUT2D eigenvalue weighted by atomic mass is 10.2. The summed E-state index contributed by atoms with van der Waals surface area (Å²) in [5.41, 5.74) is 1.75. The number of anilines is 1. The van der Waals surface area contributed by atoms with Crippen LogP contribution in [0.2, 0.25) is 0 Å². The molecule has 0 bridgehead atoms. The van der Waals surface area contributed by atoms with E-state index in [0.717, 1.165) is 11.3 Å². The van der Waals surface area contributed by atoms with Gasteiger partial charge in [0.15, 0.2) is 15.8 Å². The number of benzene rings is 1. The van der Waals surface area contributed by atoms with E-state index in [4.69, 9.17) is 0 Å². The maximum absolute atomic E-state index is 11.7. The number of H-pyrrole nitrogens is 1. The number of nitrogens with one attached hydrogen (secondary N) is 2. The fourth-order valence-corrected chi connectivity index (χ4v) is 2.49. The first-order valence-corrected chi connectivity index (χ1v) is 7.28. The van der Waals surface area contributed by atoms with Gasteiger partial charge >= 0.3 is 0 Å². The van der Waals surface area contributed by atoms with Crippen molar-refractivity contribution < 1.29 is 8.42 Å². The zero-order valence-corrected chi connectivity index (χ0v) is 11.1. The SMILES string of the molecule is CCS(=O)(=O)c1ccc(-c2cnc(NC)[nH]2)cc1. The first kappa shape index (κ1) is 12.6. The molecule has 0 amide bonds. The van der Waals surface area contributed by atoms with Gasteiger partial charge < -0.3 is 10.3 Å². The van der Waals surface area contributed by atoms with Gasteiger partial charge in [0.2, 0.25) is 0 Å². The summed E-state index contributed by atoms with van der Waals surface area (Å²) in [5.74, 6) is 0.788. The number of aromatic amines is 1. The zero-order chi connectivity index (χ0) is 13.2. The van der Waals surface area contributed by atoms with Crippen LogP contribution in [0.5, 0.6) is 0 Å². The molecule has 0 spiro atoms. The Hall–Kier alpha value is -1.82. The van der Waals surface area contributed by atoms with E-state index in [2.05, 4.69) is 15.3 Å². The molecule has 6 heteroatoms. The predicted octanol–water partition coefficient (Wildman–Crippen LogP) is 1.91. The topological polar surface area (TPSA) is 74.8 Å². The van der Waals surface area contributed by atoms with Gasteiger partial charge in [-0.3, -0.25) is 0 Å². The van der Waals surface area contributed by atoms with Gasteiger partial charge in [-0.25, -0.2) is 13.4 Å². The third-order valence-electron chi connectivity index (χ3n) is 2.72. The Kier molecular flexibility index (Phi) is 3.38. The molecule has 18 heavy (non-hydrogen) atoms. The van der Waals surface area contributed by atoms with E-state index in [1.807, 2.05) is 0 Å². The highest BCUT2D eigenvalue weighted by Crippen LogP contribution is 2.21. The highest BCUT2D eigenvalue weighted by Gasteiger charge is 2.11. The molecule has 0 atom stereocenters. The Morgan fingerprint density at radius 1 is 1.28 bits per heavy atom. The first-order chi connectivity index (χ1) is 8.56. The van der Waals surface area contributed by atoms with Gasteiger partial charge in [0.05, 0.1) is 22.5 Å². The molecule has 96 valence electrons. The van der Waals surface area contributed by atoms with Gasteiger partial charge in [0, 0.05) is 7.05 Å². The van der Waals surface area contributed by atoms with Crippen LogP contribution in [0, 0.1) is 0 Å². The van der Waals surface area contributed by atoms with Crippen molar-refractivity contribution in [3.05, 3.63) is 30.5 Å². The van der Waals surface area contributed by atoms with Crippen molar-refractivity contribution in [3.63, 3.8) is 0 Å². The molecule has 0 aliphatic heterocycles. The Bertz CT molecular complexity index is 630. The van der Waals surface area contributed by atoms with Crippen LogP contribution in [0.4, 0.5) is 5.95 Å². The lowest BCUT2D eigenvalue weighted by Crippen LogP contribution is -2.03. The largest absolute Gasteiger partial charge is 0.359 e. The molecule has 0 saturated heterocycles. The van der Waals surface area contributed by atoms with Crippen LogP contribution in [-0.2, 0) is 9.84 Å². The van der Waals surface area contributed by atoms with Crippen LogP contribution in [0.3, 0.4) is 0 Å². The monoisotopic (exact) mass is 265 g/mol. The standard InChI is InChI=1S/C12H15N3O2S/c1-3-18(16,17)10-6-4-9(5-7-10)11-8-14-12(13-2)15-11/h4-8H,3H2,1-2H3,(H2,13,14,15). The summed E-state index contributed by atoms with van der Waals surface area (Å²) in [5, 5.41) is 2.90. The number of sulfone groups is 1. The van der Waals surface area contributed by atoms with Gasteiger partial charge in [-0.2, -0.15) is 0 Å². The number of hydrogen-bond acceptors (Lipinski definition) is 4. The van der Waals surface area contributed by atoms with Crippen molar-refractivity contribution in [2.75, 3.05) is 18.1 Å². The molecular weight excluding hydrogens is 250 g/mol. The van der Waals surface area contributed by atoms with Gasteiger partial charge in [-0.05, 0) is 17.7 Å². The highest BCUT2D eigenvalue weighted by molar-refractivity contribution is 7.91. The third kappa shape index (κ3) is 2.38. The van der Waals surface area contributed by atoms with E-state index < -0.39 is 9.84 Å². The fourth-order valence-electron chi connectivity index (χ4n) is 1.60. The van der Waals surface area contributed by atoms with Crippen molar-refractivity contribution in [1.29, 1.82) is 0 Å². The quantitative estimate of drug-likeness (QED) is 0.885. The Labute approximate surface area is 106 Å². The summed E-state index contributed by atoms with van der Waals surface area (Å²) in [7, 11) is -1.36. The maximum atomic E-state index is 11.7. The first-order valence-electron chi connectivity index (χ1n) is 5.63. The zero-order valence-electron chi connectivity index (χ0n) is 10.3. The normalized spacial score (nSPS) is 11.4. The molecule has 0 fully saturated rings. The van der Waals surface area contributed by atoms with E-state index in [0.29, 0.717) is 10.8 Å². The minimum absolute atomic E-state index is 0.111. The fraction of sp³-hybridized carbons (Fsp3) is 0.250. The van der Waals surface area contributed by atoms with Crippen LogP contribution in [0.15, 0.2) is 35.4 Å². The van der Waals surface area contributed by atoms with Crippen LogP contribution >= 0.6 is 0 Å². The Balaban J connectivity index is 2.33. The summed E-state index contributed by atoms with van der Waals surface area (Å²) in [4.78, 5) is 7.54. The molecule has 0 aliphatic carbocycles. The predicted molar refractivity (Wildman–Crippen MR) is 71.3 cm³/mol. The van der Waals surface area contributed by atoms with E-state index in [1.54, 1.807) is 44.4 Å². The number of imidazole rings is 1. The molecular formula is C12H15N3O2S. The molecule has 1 aromatic heterocycles. The maximum Gasteiger partial charge on any atom is 0.200 e. The summed E-state index contributed by atoms with van der Waals surface area (Å²) in [6.45, 7) is 1.64. The smallest absolute Gasteiger partial charge is 0.200 e. The summed E-state index contributed by atoms with van der Waals surface area (Å²) in [6, 6.07) is 6.78. The van der Waals surface area contributed by atoms with Gasteiger partial charge in [0.25, 0.3) is 0 Å². The van der Waals surface area contributed by atoms with E-state index in [-0.39, 0.29) is 5.75 Å². The van der Waals surface area contributed by atoms with Crippen LogP contribution < -0.4 is 5.32 Å². The molecule has 2 N–H and O–H groups in total. The van der Waals surface area contributed by atoms with E-state index in [1.165, 1.54) is 0 Å². The summed E-state index contributed by atoms with van der Waals surface area (Å²) < 4.78 is 23.3. The lowest BCUT2D eigenvalue weighted by molar-refractivity contribution is 0.597. The average molecular weight is 265 g/mol. The van der Waals surface area contributed by atoms with Crippen molar-refractivity contribution in [3.8, 4) is 11.3 Å².